The van der Waals surface area contributed by atoms with Crippen molar-refractivity contribution in [1.29, 1.82) is 0 Å². The summed E-state index contributed by atoms with van der Waals surface area (Å²) in [5.41, 5.74) is 2.93. The van der Waals surface area contributed by atoms with Crippen molar-refractivity contribution in [2.75, 3.05) is 13.2 Å². The Kier molecular flexibility index (Phi) is 6.98. The van der Waals surface area contributed by atoms with Gasteiger partial charge in [0.15, 0.2) is 11.7 Å². The largest absolute Gasteiger partial charge is 0.440 e. The van der Waals surface area contributed by atoms with E-state index in [1.54, 1.807) is 0 Å². The predicted molar refractivity (Wildman–Crippen MR) is 109 cm³/mol. The van der Waals surface area contributed by atoms with Gasteiger partial charge in [-0.25, -0.2) is 4.98 Å². The van der Waals surface area contributed by atoms with Crippen LogP contribution in [0.1, 0.15) is 35.9 Å². The third-order valence-corrected chi connectivity index (χ3v) is 4.74. The molecule has 0 aliphatic heterocycles. The molecule has 0 saturated heterocycles. The van der Waals surface area contributed by atoms with Crippen LogP contribution in [0.2, 0.25) is 0 Å². The number of benzene rings is 2. The molecule has 1 unspecified atom stereocenters. The van der Waals surface area contributed by atoms with Crippen molar-refractivity contribution >= 4 is 5.91 Å². The lowest BCUT2D eigenvalue weighted by molar-refractivity contribution is -0.121. The molecule has 1 atom stereocenters. The fourth-order valence-corrected chi connectivity index (χ4v) is 3.23. The third kappa shape index (κ3) is 5.30. The number of aromatic nitrogens is 1. The van der Waals surface area contributed by atoms with Crippen LogP contribution >= 0.6 is 0 Å². The van der Waals surface area contributed by atoms with Gasteiger partial charge in [-0.1, -0.05) is 60.7 Å². The summed E-state index contributed by atoms with van der Waals surface area (Å²) in [6.45, 7) is 2.51. The second-order valence-corrected chi connectivity index (χ2v) is 6.81. The first kappa shape index (κ1) is 19.8. The maximum absolute atomic E-state index is 12.3. The van der Waals surface area contributed by atoms with Crippen LogP contribution in [0.25, 0.3) is 11.3 Å². The standard InChI is InChI=1S/C23H26N2O3/c1-17-23(19-10-6-3-7-11-19)28-22(25-17)13-12-21(27)24-16-20(14-15-26)18-8-4-2-5-9-18/h2-11,20,26H,12-16H2,1H3,(H,24,27). The van der Waals surface area contributed by atoms with Crippen LogP contribution in [0, 0.1) is 6.92 Å². The quantitative estimate of drug-likeness (QED) is 0.593. The summed E-state index contributed by atoms with van der Waals surface area (Å²) in [4.78, 5) is 16.7. The Morgan fingerprint density at radius 2 is 1.79 bits per heavy atom. The molecular formula is C23H26N2O3. The molecule has 0 aliphatic carbocycles. The molecule has 2 aromatic carbocycles. The molecule has 1 amide bonds. The lowest BCUT2D eigenvalue weighted by Crippen LogP contribution is -2.29. The fourth-order valence-electron chi connectivity index (χ4n) is 3.23. The van der Waals surface area contributed by atoms with Crippen molar-refractivity contribution in [3.63, 3.8) is 0 Å². The highest BCUT2D eigenvalue weighted by Crippen LogP contribution is 2.24. The summed E-state index contributed by atoms with van der Waals surface area (Å²) < 4.78 is 5.86. The molecule has 1 heterocycles. The number of nitrogens with one attached hydrogen (secondary N) is 1. The first-order valence-electron chi connectivity index (χ1n) is 9.61. The van der Waals surface area contributed by atoms with Gasteiger partial charge >= 0.3 is 0 Å². The zero-order valence-corrected chi connectivity index (χ0v) is 16.1. The number of hydrogen-bond acceptors (Lipinski definition) is 4. The Morgan fingerprint density at radius 1 is 1.11 bits per heavy atom. The van der Waals surface area contributed by atoms with Crippen LogP contribution in [0.4, 0.5) is 0 Å². The zero-order chi connectivity index (χ0) is 19.8. The molecule has 0 spiro atoms. The van der Waals surface area contributed by atoms with Crippen molar-refractivity contribution in [2.45, 2.75) is 32.1 Å². The Hall–Kier alpha value is -2.92. The molecule has 146 valence electrons. The van der Waals surface area contributed by atoms with E-state index in [2.05, 4.69) is 10.3 Å². The molecular weight excluding hydrogens is 352 g/mol. The highest BCUT2D eigenvalue weighted by Gasteiger charge is 2.15. The van der Waals surface area contributed by atoms with Gasteiger partial charge in [0, 0.05) is 37.5 Å². The number of aliphatic hydroxyl groups is 1. The van der Waals surface area contributed by atoms with Crippen LogP contribution in [0.3, 0.4) is 0 Å². The highest BCUT2D eigenvalue weighted by atomic mass is 16.4. The Bertz CT molecular complexity index is 875. The van der Waals surface area contributed by atoms with Crippen molar-refractivity contribution in [2.24, 2.45) is 0 Å². The van der Waals surface area contributed by atoms with Gasteiger partial charge in [-0.2, -0.15) is 0 Å². The van der Waals surface area contributed by atoms with Crippen LogP contribution in [-0.2, 0) is 11.2 Å². The summed E-state index contributed by atoms with van der Waals surface area (Å²) in [7, 11) is 0. The highest BCUT2D eigenvalue weighted by molar-refractivity contribution is 5.76. The summed E-state index contributed by atoms with van der Waals surface area (Å²) in [6.07, 6.45) is 1.38. The lowest BCUT2D eigenvalue weighted by atomic mass is 9.96. The van der Waals surface area contributed by atoms with Crippen molar-refractivity contribution in [3.05, 3.63) is 77.8 Å². The first-order chi connectivity index (χ1) is 13.7. The minimum atomic E-state index is -0.0454. The summed E-state index contributed by atoms with van der Waals surface area (Å²) >= 11 is 0. The minimum Gasteiger partial charge on any atom is -0.440 e. The number of rotatable bonds is 9. The molecule has 5 heteroatoms. The van der Waals surface area contributed by atoms with Crippen LogP contribution in [-0.4, -0.2) is 29.1 Å². The van der Waals surface area contributed by atoms with E-state index in [-0.39, 0.29) is 18.4 Å². The summed E-state index contributed by atoms with van der Waals surface area (Å²) in [5, 5.41) is 12.3. The number of carbonyl (C=O) groups is 1. The second kappa shape index (κ2) is 9.85. The van der Waals surface area contributed by atoms with Gasteiger partial charge in [-0.15, -0.1) is 0 Å². The lowest BCUT2D eigenvalue weighted by Gasteiger charge is -2.17. The molecule has 0 fully saturated rings. The van der Waals surface area contributed by atoms with Crippen molar-refractivity contribution in [3.8, 4) is 11.3 Å². The molecule has 3 aromatic rings. The summed E-state index contributed by atoms with van der Waals surface area (Å²) in [6, 6.07) is 19.8. The molecule has 28 heavy (non-hydrogen) atoms. The molecule has 0 bridgehead atoms. The van der Waals surface area contributed by atoms with Gasteiger partial charge in [0.05, 0.1) is 5.69 Å². The average Bonchev–Trinajstić information content (AvgIpc) is 3.11. The Labute approximate surface area is 165 Å². The van der Waals surface area contributed by atoms with Gasteiger partial charge in [0.1, 0.15) is 0 Å². The fraction of sp³-hybridized carbons (Fsp3) is 0.304. The SMILES string of the molecule is Cc1nc(CCC(=O)NCC(CCO)c2ccccc2)oc1-c1ccccc1. The predicted octanol–water partition coefficient (Wildman–Crippen LogP) is 3.87. The Balaban J connectivity index is 1.53. The van der Waals surface area contributed by atoms with Gasteiger partial charge in [0.2, 0.25) is 5.91 Å². The van der Waals surface area contributed by atoms with Crippen LogP contribution < -0.4 is 5.32 Å². The van der Waals surface area contributed by atoms with E-state index in [0.717, 1.165) is 22.6 Å². The molecule has 2 N–H and O–H groups in total. The molecule has 0 aliphatic rings. The summed E-state index contributed by atoms with van der Waals surface area (Å²) in [5.74, 6) is 1.38. The normalized spacial score (nSPS) is 11.9. The van der Waals surface area contributed by atoms with E-state index in [9.17, 15) is 9.90 Å². The molecule has 5 nitrogen and oxygen atoms in total. The third-order valence-electron chi connectivity index (χ3n) is 4.74. The maximum atomic E-state index is 12.3. The minimum absolute atomic E-state index is 0.0454. The molecule has 3 rings (SSSR count). The van der Waals surface area contributed by atoms with Crippen LogP contribution in [0.5, 0.6) is 0 Å². The van der Waals surface area contributed by atoms with E-state index in [0.29, 0.717) is 31.7 Å². The monoisotopic (exact) mass is 378 g/mol. The second-order valence-electron chi connectivity index (χ2n) is 6.81. The van der Waals surface area contributed by atoms with Crippen LogP contribution in [0.15, 0.2) is 65.1 Å². The van der Waals surface area contributed by atoms with E-state index in [1.807, 2.05) is 67.6 Å². The van der Waals surface area contributed by atoms with E-state index in [1.165, 1.54) is 0 Å². The number of nitrogens with zero attached hydrogens (tertiary/aromatic N) is 1. The number of amides is 1. The van der Waals surface area contributed by atoms with Crippen molar-refractivity contribution in [1.82, 2.24) is 10.3 Å². The smallest absolute Gasteiger partial charge is 0.220 e. The van der Waals surface area contributed by atoms with Gasteiger partial charge < -0.3 is 14.8 Å². The number of carbonyl (C=O) groups excluding carboxylic acids is 1. The zero-order valence-electron chi connectivity index (χ0n) is 16.1. The van der Waals surface area contributed by atoms with E-state index < -0.39 is 0 Å². The molecule has 1 aromatic heterocycles. The van der Waals surface area contributed by atoms with E-state index in [4.69, 9.17) is 4.42 Å². The first-order valence-corrected chi connectivity index (χ1v) is 9.61. The molecule has 0 saturated carbocycles. The van der Waals surface area contributed by atoms with Gasteiger partial charge in [-0.05, 0) is 18.9 Å². The Morgan fingerprint density at radius 3 is 2.46 bits per heavy atom. The van der Waals surface area contributed by atoms with E-state index >= 15 is 0 Å². The van der Waals surface area contributed by atoms with Gasteiger partial charge in [0.25, 0.3) is 0 Å². The number of oxazole rings is 1. The topological polar surface area (TPSA) is 75.4 Å². The molecule has 0 radical (unpaired) electrons. The number of aliphatic hydroxyl groups excluding tert-OH is 1. The van der Waals surface area contributed by atoms with Gasteiger partial charge in [-0.3, -0.25) is 4.79 Å². The van der Waals surface area contributed by atoms with Crippen molar-refractivity contribution < 1.29 is 14.3 Å². The number of hydrogen-bond donors (Lipinski definition) is 2. The maximum Gasteiger partial charge on any atom is 0.220 e. The number of aryl methyl sites for hydroxylation is 2. The average molecular weight is 378 g/mol.